The second-order valence-electron chi connectivity index (χ2n) is 6.19. The van der Waals surface area contributed by atoms with Crippen LogP contribution in [0.15, 0.2) is 18.5 Å². The molecule has 0 aromatic carbocycles. The minimum Gasteiger partial charge on any atom is -0.474 e. The minimum atomic E-state index is -0.747. The molecule has 1 N–H and O–H groups in total. The summed E-state index contributed by atoms with van der Waals surface area (Å²) in [5.41, 5.74) is 0.977. The summed E-state index contributed by atoms with van der Waals surface area (Å²) in [6.45, 7) is 6.76. The lowest BCUT2D eigenvalue weighted by Gasteiger charge is -2.34. The van der Waals surface area contributed by atoms with Crippen molar-refractivity contribution in [1.29, 1.82) is 0 Å². The predicted molar refractivity (Wildman–Crippen MR) is 112 cm³/mol. The third-order valence-electron chi connectivity index (χ3n) is 4.04. The van der Waals surface area contributed by atoms with E-state index < -0.39 is 10.8 Å². The molecule has 2 aromatic heterocycles. The number of rotatable bonds is 6. The van der Waals surface area contributed by atoms with E-state index in [-0.39, 0.29) is 11.4 Å². The van der Waals surface area contributed by atoms with Crippen LogP contribution in [-0.4, -0.2) is 31.3 Å². The Morgan fingerprint density at radius 2 is 1.96 bits per heavy atom. The van der Waals surface area contributed by atoms with Crippen LogP contribution in [0.2, 0.25) is 5.15 Å². The van der Waals surface area contributed by atoms with E-state index in [0.717, 1.165) is 29.2 Å². The number of hydrogen-bond donors (Lipinski definition) is 2. The second kappa shape index (κ2) is 10.4. The van der Waals surface area contributed by atoms with E-state index in [1.54, 1.807) is 12.4 Å². The first-order valence-corrected chi connectivity index (χ1v) is 11.1. The van der Waals surface area contributed by atoms with Gasteiger partial charge in [0, 0.05) is 40.7 Å². The Hall–Kier alpha value is -0.890. The van der Waals surface area contributed by atoms with Crippen molar-refractivity contribution in [2.75, 3.05) is 5.75 Å². The van der Waals surface area contributed by atoms with Gasteiger partial charge in [-0.3, -0.25) is 8.93 Å². The van der Waals surface area contributed by atoms with Gasteiger partial charge in [-0.1, -0.05) is 51.6 Å². The number of hydrogen-bond acceptors (Lipinski definition) is 6. The fourth-order valence-electron chi connectivity index (χ4n) is 2.68. The predicted octanol–water partition coefficient (Wildman–Crippen LogP) is 4.31. The van der Waals surface area contributed by atoms with Crippen molar-refractivity contribution in [3.63, 3.8) is 0 Å². The maximum absolute atomic E-state index is 11.8. The van der Waals surface area contributed by atoms with Gasteiger partial charge in [-0.05, 0) is 29.9 Å². The Morgan fingerprint density at radius 3 is 2.58 bits per heavy atom. The van der Waals surface area contributed by atoms with E-state index in [0.29, 0.717) is 23.3 Å². The third-order valence-corrected chi connectivity index (χ3v) is 6.10. The number of fused-ring (bicyclic) bond motifs is 1. The van der Waals surface area contributed by atoms with Crippen LogP contribution in [0.3, 0.4) is 0 Å². The highest BCUT2D eigenvalue weighted by atomic mass is 35.5. The molecule has 8 heteroatoms. The monoisotopic (exact) mass is 415 g/mol. The molecule has 0 bridgehead atoms. The van der Waals surface area contributed by atoms with Crippen molar-refractivity contribution in [2.45, 2.75) is 57.9 Å². The first kappa shape index (κ1) is 21.4. The molecule has 1 aliphatic rings. The molecular weight excluding hydrogens is 390 g/mol. The van der Waals surface area contributed by atoms with Gasteiger partial charge in [0.1, 0.15) is 11.3 Å². The SMILES string of the molecule is CCC.CCS(=O)C1CC(Oc2ncc(CNS)c3cc(Cl)ncc23)C1. The van der Waals surface area contributed by atoms with Gasteiger partial charge in [0.15, 0.2) is 0 Å². The van der Waals surface area contributed by atoms with E-state index in [1.165, 1.54) is 6.42 Å². The Balaban J connectivity index is 0.000000758. The first-order valence-electron chi connectivity index (χ1n) is 8.87. The van der Waals surface area contributed by atoms with Crippen LogP contribution in [-0.2, 0) is 17.3 Å². The summed E-state index contributed by atoms with van der Waals surface area (Å²) in [5.74, 6) is 1.25. The molecule has 1 atom stereocenters. The van der Waals surface area contributed by atoms with Gasteiger partial charge in [-0.2, -0.15) is 0 Å². The zero-order valence-electron chi connectivity index (χ0n) is 15.4. The summed E-state index contributed by atoms with van der Waals surface area (Å²) < 4.78 is 20.6. The molecule has 0 spiro atoms. The fourth-order valence-corrected chi connectivity index (χ4v) is 4.34. The Morgan fingerprint density at radius 1 is 1.27 bits per heavy atom. The number of nitrogens with one attached hydrogen (secondary N) is 1. The van der Waals surface area contributed by atoms with Crippen LogP contribution >= 0.6 is 24.4 Å². The number of thiol groups is 1. The molecule has 26 heavy (non-hydrogen) atoms. The number of pyridine rings is 2. The van der Waals surface area contributed by atoms with Gasteiger partial charge in [-0.25, -0.2) is 9.97 Å². The van der Waals surface area contributed by atoms with E-state index in [4.69, 9.17) is 16.3 Å². The van der Waals surface area contributed by atoms with E-state index in [1.807, 2.05) is 13.0 Å². The molecule has 2 heterocycles. The number of ether oxygens (including phenoxy) is 1. The zero-order valence-corrected chi connectivity index (χ0v) is 17.8. The van der Waals surface area contributed by atoms with Gasteiger partial charge in [0.25, 0.3) is 0 Å². The van der Waals surface area contributed by atoms with Crippen molar-refractivity contribution in [1.82, 2.24) is 14.7 Å². The van der Waals surface area contributed by atoms with Crippen LogP contribution in [0, 0.1) is 0 Å². The summed E-state index contributed by atoms with van der Waals surface area (Å²) >= 11 is 10.1. The van der Waals surface area contributed by atoms with Gasteiger partial charge in [-0.15, -0.1) is 0 Å². The van der Waals surface area contributed by atoms with Gasteiger partial charge >= 0.3 is 0 Å². The average Bonchev–Trinajstić information content (AvgIpc) is 2.59. The third kappa shape index (κ3) is 5.31. The van der Waals surface area contributed by atoms with Crippen LogP contribution in [0.25, 0.3) is 10.8 Å². The first-order chi connectivity index (χ1) is 12.5. The highest BCUT2D eigenvalue weighted by Gasteiger charge is 2.35. The normalized spacial score (nSPS) is 20.0. The maximum Gasteiger partial charge on any atom is 0.223 e. The lowest BCUT2D eigenvalue weighted by molar-refractivity contribution is 0.121. The molecule has 144 valence electrons. The molecular formula is C18H26ClN3O2S2. The average molecular weight is 416 g/mol. The van der Waals surface area contributed by atoms with Crippen LogP contribution in [0.5, 0.6) is 5.88 Å². The molecule has 0 amide bonds. The van der Waals surface area contributed by atoms with Crippen molar-refractivity contribution >= 4 is 46.0 Å². The number of aromatic nitrogens is 2. The van der Waals surface area contributed by atoms with Crippen molar-refractivity contribution in [3.8, 4) is 5.88 Å². The second-order valence-corrected chi connectivity index (χ2v) is 8.89. The summed E-state index contributed by atoms with van der Waals surface area (Å²) in [5, 5.41) is 2.45. The summed E-state index contributed by atoms with van der Waals surface area (Å²) in [6.07, 6.45) is 6.38. The van der Waals surface area contributed by atoms with Crippen molar-refractivity contribution < 1.29 is 8.95 Å². The summed E-state index contributed by atoms with van der Waals surface area (Å²) in [7, 11) is -0.747. The number of halogens is 1. The standard InChI is InChI=1S/C15H18ClN3O2S2.C3H8/c1-2-23(20)11-3-10(4-11)21-15-13-8-17-14(16)5-12(13)9(6-18-15)7-19-22;1-3-2/h5-6,8,10-11,19,22H,2-4,7H2,1H3;3H2,1-2H3. The molecule has 1 saturated carbocycles. The van der Waals surface area contributed by atoms with Crippen LogP contribution < -0.4 is 9.46 Å². The lowest BCUT2D eigenvalue weighted by Crippen LogP contribution is -2.41. The quantitative estimate of drug-likeness (QED) is 0.543. The largest absolute Gasteiger partial charge is 0.474 e. The van der Waals surface area contributed by atoms with Crippen LogP contribution in [0.4, 0.5) is 0 Å². The molecule has 2 aromatic rings. The van der Waals surface area contributed by atoms with Gasteiger partial charge in [0.2, 0.25) is 5.88 Å². The molecule has 1 unspecified atom stereocenters. The molecule has 1 aliphatic carbocycles. The zero-order chi connectivity index (χ0) is 19.1. The smallest absolute Gasteiger partial charge is 0.223 e. The molecule has 1 fully saturated rings. The van der Waals surface area contributed by atoms with Crippen molar-refractivity contribution in [3.05, 3.63) is 29.2 Å². The summed E-state index contributed by atoms with van der Waals surface area (Å²) in [6, 6.07) is 1.81. The Kier molecular flexibility index (Phi) is 8.60. The van der Waals surface area contributed by atoms with Gasteiger partial charge in [0.05, 0.1) is 5.39 Å². The molecule has 5 nitrogen and oxygen atoms in total. The topological polar surface area (TPSA) is 64.1 Å². The molecule has 0 saturated heterocycles. The Labute approximate surface area is 168 Å². The molecule has 0 aliphatic heterocycles. The maximum atomic E-state index is 11.8. The Bertz CT molecular complexity index is 755. The highest BCUT2D eigenvalue weighted by molar-refractivity contribution is 7.85. The number of nitrogens with zero attached hydrogens (tertiary/aromatic N) is 2. The van der Waals surface area contributed by atoms with E-state index >= 15 is 0 Å². The summed E-state index contributed by atoms with van der Waals surface area (Å²) in [4.78, 5) is 8.55. The highest BCUT2D eigenvalue weighted by Crippen LogP contribution is 2.33. The minimum absolute atomic E-state index is 0.0655. The molecule has 0 radical (unpaired) electrons. The van der Waals surface area contributed by atoms with Crippen LogP contribution in [0.1, 0.15) is 45.6 Å². The molecule has 3 rings (SSSR count). The van der Waals surface area contributed by atoms with Gasteiger partial charge < -0.3 is 4.74 Å². The van der Waals surface area contributed by atoms with E-state index in [2.05, 4.69) is 41.4 Å². The van der Waals surface area contributed by atoms with E-state index in [9.17, 15) is 4.21 Å². The lowest BCUT2D eigenvalue weighted by atomic mass is 9.95. The van der Waals surface area contributed by atoms with Crippen molar-refractivity contribution in [2.24, 2.45) is 0 Å². The fraction of sp³-hybridized carbons (Fsp3) is 0.556.